The van der Waals surface area contributed by atoms with E-state index in [4.69, 9.17) is 4.98 Å². The maximum absolute atomic E-state index is 9.91. The van der Waals surface area contributed by atoms with Crippen LogP contribution in [0.5, 0.6) is 0 Å². The molecule has 23 heavy (non-hydrogen) atoms. The Labute approximate surface area is 135 Å². The zero-order chi connectivity index (χ0) is 15.8. The van der Waals surface area contributed by atoms with Crippen molar-refractivity contribution in [1.29, 1.82) is 0 Å². The van der Waals surface area contributed by atoms with Gasteiger partial charge in [0.25, 0.3) is 0 Å². The summed E-state index contributed by atoms with van der Waals surface area (Å²) in [5.74, 6) is 1.54. The lowest BCUT2D eigenvalue weighted by atomic mass is 9.97. The Morgan fingerprint density at radius 3 is 2.70 bits per heavy atom. The number of aliphatic hydroxyl groups excluding tert-OH is 1. The highest BCUT2D eigenvalue weighted by Crippen LogP contribution is 2.43. The van der Waals surface area contributed by atoms with Crippen molar-refractivity contribution in [2.45, 2.75) is 38.2 Å². The number of piperidine rings is 1. The van der Waals surface area contributed by atoms with Gasteiger partial charge in [-0.25, -0.2) is 9.97 Å². The highest BCUT2D eigenvalue weighted by molar-refractivity contribution is 5.62. The van der Waals surface area contributed by atoms with Crippen molar-refractivity contribution in [3.8, 4) is 11.3 Å². The monoisotopic (exact) mass is 311 g/mol. The third-order valence-corrected chi connectivity index (χ3v) is 4.75. The topological polar surface area (TPSA) is 75.0 Å². The summed E-state index contributed by atoms with van der Waals surface area (Å²) in [7, 11) is 0. The smallest absolute Gasteiger partial charge is 0.225 e. The van der Waals surface area contributed by atoms with Crippen LogP contribution in [0.4, 0.5) is 5.95 Å². The molecule has 1 saturated heterocycles. The van der Waals surface area contributed by atoms with E-state index >= 15 is 0 Å². The van der Waals surface area contributed by atoms with Crippen LogP contribution in [0.2, 0.25) is 0 Å². The Morgan fingerprint density at radius 1 is 1.13 bits per heavy atom. The van der Waals surface area contributed by atoms with Crippen molar-refractivity contribution in [3.63, 3.8) is 0 Å². The van der Waals surface area contributed by atoms with E-state index < -0.39 is 0 Å². The van der Waals surface area contributed by atoms with Gasteiger partial charge in [0.05, 0.1) is 23.7 Å². The van der Waals surface area contributed by atoms with Gasteiger partial charge in [0.2, 0.25) is 5.95 Å². The van der Waals surface area contributed by atoms with Crippen LogP contribution in [0.3, 0.4) is 0 Å². The van der Waals surface area contributed by atoms with Gasteiger partial charge in [0, 0.05) is 43.2 Å². The van der Waals surface area contributed by atoms with Gasteiger partial charge in [-0.3, -0.25) is 9.97 Å². The Morgan fingerprint density at radius 2 is 2.00 bits per heavy atom. The third-order valence-electron chi connectivity index (χ3n) is 4.75. The van der Waals surface area contributed by atoms with Crippen molar-refractivity contribution in [2.75, 3.05) is 18.0 Å². The molecule has 3 heterocycles. The van der Waals surface area contributed by atoms with Crippen LogP contribution in [0.1, 0.15) is 37.8 Å². The van der Waals surface area contributed by atoms with Crippen LogP contribution in [0, 0.1) is 5.92 Å². The molecule has 0 amide bonds. The summed E-state index contributed by atoms with van der Waals surface area (Å²) in [5.41, 5.74) is 2.92. The highest BCUT2D eigenvalue weighted by Gasteiger charge is 2.31. The molecule has 4 rings (SSSR count). The molecule has 6 heteroatoms. The lowest BCUT2D eigenvalue weighted by Gasteiger charge is -2.34. The molecule has 0 unspecified atom stereocenters. The Kier molecular flexibility index (Phi) is 3.69. The van der Waals surface area contributed by atoms with Gasteiger partial charge in [-0.15, -0.1) is 0 Å². The fourth-order valence-electron chi connectivity index (χ4n) is 3.16. The number of hydrogen-bond donors (Lipinski definition) is 1. The average Bonchev–Trinajstić information content (AvgIpc) is 3.43. The quantitative estimate of drug-likeness (QED) is 0.934. The number of rotatable bonds is 3. The normalized spacial score (nSPS) is 24.7. The summed E-state index contributed by atoms with van der Waals surface area (Å²) in [4.78, 5) is 20.2. The molecule has 0 bridgehead atoms. The minimum Gasteiger partial charge on any atom is -0.393 e. The molecule has 1 aliphatic carbocycles. The average molecular weight is 311 g/mol. The summed E-state index contributed by atoms with van der Waals surface area (Å²) in [5, 5.41) is 9.91. The van der Waals surface area contributed by atoms with E-state index in [1.165, 1.54) is 12.8 Å². The minimum atomic E-state index is -0.215. The van der Waals surface area contributed by atoms with E-state index in [1.54, 1.807) is 18.6 Å². The second kappa shape index (κ2) is 5.85. The fourth-order valence-corrected chi connectivity index (χ4v) is 3.16. The fraction of sp³-hybridized carbons (Fsp3) is 0.529. The lowest BCUT2D eigenvalue weighted by Crippen LogP contribution is -2.42. The molecule has 2 fully saturated rings. The van der Waals surface area contributed by atoms with Gasteiger partial charge in [0.15, 0.2) is 0 Å². The van der Waals surface area contributed by atoms with Crippen LogP contribution in [0.25, 0.3) is 11.3 Å². The summed E-state index contributed by atoms with van der Waals surface area (Å²) < 4.78 is 0. The minimum absolute atomic E-state index is 0.215. The van der Waals surface area contributed by atoms with Crippen molar-refractivity contribution < 1.29 is 5.11 Å². The van der Waals surface area contributed by atoms with Crippen molar-refractivity contribution in [1.82, 2.24) is 19.9 Å². The number of hydrogen-bond acceptors (Lipinski definition) is 6. The molecule has 2 aliphatic rings. The summed E-state index contributed by atoms with van der Waals surface area (Å²) in [6, 6.07) is 0. The second-order valence-corrected chi connectivity index (χ2v) is 6.61. The molecule has 0 aromatic carbocycles. The van der Waals surface area contributed by atoms with Crippen LogP contribution in [0.15, 0.2) is 24.8 Å². The zero-order valence-corrected chi connectivity index (χ0v) is 13.3. The molecule has 0 radical (unpaired) electrons. The van der Waals surface area contributed by atoms with Gasteiger partial charge >= 0.3 is 0 Å². The van der Waals surface area contributed by atoms with Crippen molar-refractivity contribution in [2.24, 2.45) is 5.92 Å². The van der Waals surface area contributed by atoms with Gasteiger partial charge in [0.1, 0.15) is 0 Å². The SMILES string of the molecule is C[C@H]1CN(c2ncc(-c3cnccn3)c(C3CC3)n2)CC[C@H]1O. The summed E-state index contributed by atoms with van der Waals surface area (Å²) >= 11 is 0. The van der Waals surface area contributed by atoms with Crippen LogP contribution < -0.4 is 4.90 Å². The summed E-state index contributed by atoms with van der Waals surface area (Å²) in [6.45, 7) is 3.68. The number of anilines is 1. The predicted octanol–water partition coefficient (Wildman–Crippen LogP) is 2.02. The molecule has 1 saturated carbocycles. The molecule has 6 nitrogen and oxygen atoms in total. The standard InChI is InChI=1S/C17H21N5O/c1-11-10-22(7-4-15(11)23)17-20-8-13(14-9-18-5-6-19-14)16(21-17)12-2-3-12/h5-6,8-9,11-12,15,23H,2-4,7,10H2,1H3/t11-,15+/m0/s1. The van der Waals surface area contributed by atoms with Gasteiger partial charge in [-0.2, -0.15) is 0 Å². The van der Waals surface area contributed by atoms with E-state index in [1.807, 2.05) is 6.20 Å². The molecule has 0 spiro atoms. The number of aliphatic hydroxyl groups is 1. The van der Waals surface area contributed by atoms with Crippen LogP contribution >= 0.6 is 0 Å². The maximum Gasteiger partial charge on any atom is 0.225 e. The van der Waals surface area contributed by atoms with Crippen molar-refractivity contribution in [3.05, 3.63) is 30.5 Å². The molecule has 2 aromatic rings. The van der Waals surface area contributed by atoms with Crippen LogP contribution in [-0.4, -0.2) is 44.2 Å². The molecule has 1 N–H and O–H groups in total. The maximum atomic E-state index is 9.91. The molecule has 120 valence electrons. The first kappa shape index (κ1) is 14.5. The number of nitrogens with zero attached hydrogens (tertiary/aromatic N) is 5. The van der Waals surface area contributed by atoms with Crippen LogP contribution in [-0.2, 0) is 0 Å². The van der Waals surface area contributed by atoms with Gasteiger partial charge in [-0.1, -0.05) is 6.92 Å². The Bertz CT molecular complexity index is 689. The first-order valence-corrected chi connectivity index (χ1v) is 8.28. The molecular weight excluding hydrogens is 290 g/mol. The molecule has 2 atom stereocenters. The number of aromatic nitrogens is 4. The lowest BCUT2D eigenvalue weighted by molar-refractivity contribution is 0.0966. The van der Waals surface area contributed by atoms with Gasteiger partial charge < -0.3 is 10.0 Å². The first-order chi connectivity index (χ1) is 11.2. The molecule has 2 aromatic heterocycles. The zero-order valence-electron chi connectivity index (χ0n) is 13.3. The first-order valence-electron chi connectivity index (χ1n) is 8.28. The van der Waals surface area contributed by atoms with Crippen molar-refractivity contribution >= 4 is 5.95 Å². The molecule has 1 aliphatic heterocycles. The molecular formula is C17H21N5O. The Hall–Kier alpha value is -2.08. The van der Waals surface area contributed by atoms with Gasteiger partial charge in [-0.05, 0) is 25.2 Å². The highest BCUT2D eigenvalue weighted by atomic mass is 16.3. The Balaban J connectivity index is 1.67. The van der Waals surface area contributed by atoms with E-state index in [2.05, 4.69) is 26.8 Å². The second-order valence-electron chi connectivity index (χ2n) is 6.61. The van der Waals surface area contributed by atoms with E-state index in [9.17, 15) is 5.11 Å². The van der Waals surface area contributed by atoms with E-state index in [-0.39, 0.29) is 12.0 Å². The van der Waals surface area contributed by atoms with E-state index in [0.29, 0.717) is 5.92 Å². The van der Waals surface area contributed by atoms with E-state index in [0.717, 1.165) is 42.4 Å². The third kappa shape index (κ3) is 2.91. The predicted molar refractivity (Wildman–Crippen MR) is 87.0 cm³/mol. The largest absolute Gasteiger partial charge is 0.393 e. The summed E-state index contributed by atoms with van der Waals surface area (Å²) in [6.07, 6.45) is 9.95.